The van der Waals surface area contributed by atoms with E-state index < -0.39 is 0 Å². The Balaban J connectivity index is 2.01. The topological polar surface area (TPSA) is 50.9 Å². The van der Waals surface area contributed by atoms with E-state index in [1.807, 2.05) is 12.3 Å². The van der Waals surface area contributed by atoms with Gasteiger partial charge in [-0.25, -0.2) is 0 Å². The largest absolute Gasteiger partial charge is 0.398 e. The third-order valence-corrected chi connectivity index (χ3v) is 4.72. The molecular formula is C16H27N3. The first-order valence-electron chi connectivity index (χ1n) is 7.60. The second-order valence-electron chi connectivity index (χ2n) is 5.87. The molecule has 0 radical (unpaired) electrons. The van der Waals surface area contributed by atoms with Crippen molar-refractivity contribution in [3.05, 3.63) is 24.0 Å². The molecule has 0 bridgehead atoms. The van der Waals surface area contributed by atoms with Gasteiger partial charge in [-0.15, -0.1) is 0 Å². The molecule has 1 aliphatic carbocycles. The van der Waals surface area contributed by atoms with Crippen molar-refractivity contribution in [1.29, 1.82) is 0 Å². The molecule has 3 unspecified atom stereocenters. The second kappa shape index (κ2) is 6.90. The Bertz CT molecular complexity index is 391. The lowest BCUT2D eigenvalue weighted by Crippen LogP contribution is -2.38. The molecule has 0 aromatic carbocycles. The summed E-state index contributed by atoms with van der Waals surface area (Å²) in [4.78, 5) is 4.20. The summed E-state index contributed by atoms with van der Waals surface area (Å²) < 4.78 is 0. The van der Waals surface area contributed by atoms with Gasteiger partial charge in [0.25, 0.3) is 0 Å². The number of pyridine rings is 1. The summed E-state index contributed by atoms with van der Waals surface area (Å²) in [6, 6.07) is 2.43. The highest BCUT2D eigenvalue weighted by molar-refractivity contribution is 5.44. The summed E-state index contributed by atoms with van der Waals surface area (Å²) in [5.41, 5.74) is 8.09. The number of anilines is 1. The van der Waals surface area contributed by atoms with Crippen LogP contribution in [-0.2, 0) is 6.42 Å². The summed E-state index contributed by atoms with van der Waals surface area (Å²) in [5.74, 6) is 1.70. The van der Waals surface area contributed by atoms with Gasteiger partial charge in [-0.05, 0) is 49.8 Å². The molecule has 1 aromatic rings. The minimum atomic E-state index is 0.529. The predicted octanol–water partition coefficient (Wildman–Crippen LogP) is 3.01. The molecular weight excluding hydrogens is 234 g/mol. The maximum atomic E-state index is 6.04. The number of hydrogen-bond donors (Lipinski definition) is 2. The highest BCUT2D eigenvalue weighted by Crippen LogP contribution is 2.34. The summed E-state index contributed by atoms with van der Waals surface area (Å²) in [5, 5.41) is 3.51. The molecule has 2 rings (SSSR count). The zero-order valence-corrected chi connectivity index (χ0v) is 12.2. The molecule has 3 N–H and O–H groups in total. The average Bonchev–Trinajstić information content (AvgIpc) is 2.46. The molecule has 106 valence electrons. The smallest absolute Gasteiger partial charge is 0.0378 e. The van der Waals surface area contributed by atoms with Crippen LogP contribution in [0.3, 0.4) is 0 Å². The lowest BCUT2D eigenvalue weighted by atomic mass is 9.75. The van der Waals surface area contributed by atoms with E-state index in [4.69, 9.17) is 5.73 Å². The first-order valence-corrected chi connectivity index (χ1v) is 7.60. The number of nitrogens with zero attached hydrogens (tertiary/aromatic N) is 1. The van der Waals surface area contributed by atoms with Crippen LogP contribution in [0.1, 0.15) is 44.6 Å². The van der Waals surface area contributed by atoms with E-state index in [1.165, 1.54) is 37.7 Å². The van der Waals surface area contributed by atoms with Gasteiger partial charge in [0.2, 0.25) is 0 Å². The number of nitrogens with one attached hydrogen (secondary N) is 1. The summed E-state index contributed by atoms with van der Waals surface area (Å²) in [7, 11) is 2.08. The molecule has 3 atom stereocenters. The van der Waals surface area contributed by atoms with Crippen molar-refractivity contribution >= 4 is 5.69 Å². The Morgan fingerprint density at radius 3 is 3.00 bits per heavy atom. The zero-order valence-electron chi connectivity index (χ0n) is 12.2. The van der Waals surface area contributed by atoms with Gasteiger partial charge < -0.3 is 11.1 Å². The average molecular weight is 261 g/mol. The van der Waals surface area contributed by atoms with Gasteiger partial charge >= 0.3 is 0 Å². The molecule has 0 spiro atoms. The van der Waals surface area contributed by atoms with Crippen LogP contribution in [0, 0.1) is 11.8 Å². The molecule has 1 saturated carbocycles. The van der Waals surface area contributed by atoms with Crippen LogP contribution in [0.5, 0.6) is 0 Å². The van der Waals surface area contributed by atoms with Crippen LogP contribution in [0.4, 0.5) is 5.69 Å². The Morgan fingerprint density at radius 1 is 1.47 bits per heavy atom. The minimum absolute atomic E-state index is 0.529. The molecule has 1 fully saturated rings. The van der Waals surface area contributed by atoms with Crippen molar-refractivity contribution in [2.24, 2.45) is 11.8 Å². The van der Waals surface area contributed by atoms with E-state index in [0.29, 0.717) is 6.04 Å². The number of nitrogens with two attached hydrogens (primary N) is 1. The highest BCUT2D eigenvalue weighted by atomic mass is 14.9. The Morgan fingerprint density at radius 2 is 2.32 bits per heavy atom. The van der Waals surface area contributed by atoms with Crippen LogP contribution >= 0.6 is 0 Å². The SMILES string of the molecule is CCC1CCCC(C(Cc2cnccc2N)NC)C1. The number of aromatic nitrogens is 1. The van der Waals surface area contributed by atoms with E-state index in [1.54, 1.807) is 6.20 Å². The monoisotopic (exact) mass is 261 g/mol. The normalized spacial score (nSPS) is 25.2. The second-order valence-corrected chi connectivity index (χ2v) is 5.87. The number of nitrogen functional groups attached to an aromatic ring is 1. The fourth-order valence-electron chi connectivity index (χ4n) is 3.42. The summed E-state index contributed by atoms with van der Waals surface area (Å²) in [6.07, 6.45) is 11.5. The zero-order chi connectivity index (χ0) is 13.7. The van der Waals surface area contributed by atoms with Crippen molar-refractivity contribution in [3.63, 3.8) is 0 Å². The maximum Gasteiger partial charge on any atom is 0.0378 e. The first-order chi connectivity index (χ1) is 9.24. The van der Waals surface area contributed by atoms with E-state index in [9.17, 15) is 0 Å². The molecule has 3 heteroatoms. The number of likely N-dealkylation sites (N-methyl/N-ethyl adjacent to an activating group) is 1. The molecule has 0 aliphatic heterocycles. The van der Waals surface area contributed by atoms with E-state index in [2.05, 4.69) is 24.3 Å². The van der Waals surface area contributed by atoms with Crippen molar-refractivity contribution in [2.75, 3.05) is 12.8 Å². The van der Waals surface area contributed by atoms with Crippen molar-refractivity contribution in [1.82, 2.24) is 10.3 Å². The Hall–Kier alpha value is -1.09. The van der Waals surface area contributed by atoms with Crippen molar-refractivity contribution in [2.45, 2.75) is 51.5 Å². The standard InChI is InChI=1S/C16H27N3/c1-3-12-5-4-6-13(9-12)16(18-2)10-14-11-19-8-7-15(14)17/h7-8,11-13,16,18H,3-6,9-10H2,1-2H3,(H2,17,19). The van der Waals surface area contributed by atoms with Gasteiger partial charge in [0, 0.05) is 24.1 Å². The summed E-state index contributed by atoms with van der Waals surface area (Å²) in [6.45, 7) is 2.32. The van der Waals surface area contributed by atoms with E-state index in [0.717, 1.165) is 23.9 Å². The van der Waals surface area contributed by atoms with Crippen LogP contribution in [0.25, 0.3) is 0 Å². The van der Waals surface area contributed by atoms with Gasteiger partial charge in [0.15, 0.2) is 0 Å². The Labute approximate surface area is 117 Å². The molecule has 1 aromatic heterocycles. The Kier molecular flexibility index (Phi) is 5.20. The van der Waals surface area contributed by atoms with Gasteiger partial charge in [-0.1, -0.05) is 26.2 Å². The molecule has 0 amide bonds. The fraction of sp³-hybridized carbons (Fsp3) is 0.688. The van der Waals surface area contributed by atoms with Gasteiger partial charge in [0.05, 0.1) is 0 Å². The lowest BCUT2D eigenvalue weighted by molar-refractivity contribution is 0.212. The van der Waals surface area contributed by atoms with Gasteiger partial charge in [-0.2, -0.15) is 0 Å². The molecule has 19 heavy (non-hydrogen) atoms. The molecule has 1 heterocycles. The van der Waals surface area contributed by atoms with Crippen LogP contribution < -0.4 is 11.1 Å². The number of hydrogen-bond acceptors (Lipinski definition) is 3. The van der Waals surface area contributed by atoms with Crippen LogP contribution in [0.2, 0.25) is 0 Å². The van der Waals surface area contributed by atoms with Crippen LogP contribution in [0.15, 0.2) is 18.5 Å². The van der Waals surface area contributed by atoms with Gasteiger partial charge in [0.1, 0.15) is 0 Å². The maximum absolute atomic E-state index is 6.04. The lowest BCUT2D eigenvalue weighted by Gasteiger charge is -2.34. The van der Waals surface area contributed by atoms with E-state index >= 15 is 0 Å². The third kappa shape index (κ3) is 3.69. The first kappa shape index (κ1) is 14.3. The van der Waals surface area contributed by atoms with E-state index in [-0.39, 0.29) is 0 Å². The van der Waals surface area contributed by atoms with Crippen molar-refractivity contribution < 1.29 is 0 Å². The predicted molar refractivity (Wildman–Crippen MR) is 80.9 cm³/mol. The highest BCUT2D eigenvalue weighted by Gasteiger charge is 2.27. The van der Waals surface area contributed by atoms with Crippen molar-refractivity contribution in [3.8, 4) is 0 Å². The summed E-state index contributed by atoms with van der Waals surface area (Å²) >= 11 is 0. The number of rotatable bonds is 5. The van der Waals surface area contributed by atoms with Crippen LogP contribution in [-0.4, -0.2) is 18.1 Å². The quantitative estimate of drug-likeness (QED) is 0.856. The molecule has 1 aliphatic rings. The van der Waals surface area contributed by atoms with Gasteiger partial charge in [-0.3, -0.25) is 4.98 Å². The minimum Gasteiger partial charge on any atom is -0.398 e. The molecule has 3 nitrogen and oxygen atoms in total. The fourth-order valence-corrected chi connectivity index (χ4v) is 3.42. The molecule has 0 saturated heterocycles. The third-order valence-electron chi connectivity index (χ3n) is 4.72.